The van der Waals surface area contributed by atoms with E-state index in [0.29, 0.717) is 0 Å². The Bertz CT molecular complexity index is 110. The van der Waals surface area contributed by atoms with E-state index >= 15 is 0 Å². The maximum atomic E-state index is 3.55. The standard InChI is InChI=1S/C10H24N2/c1-6-9(2)10(3,4)12-8-7-11-5/h9,11-12H,6-8H2,1-5H3. The molecule has 0 saturated carbocycles. The van der Waals surface area contributed by atoms with Gasteiger partial charge in [-0.3, -0.25) is 0 Å². The molecule has 0 aliphatic rings. The van der Waals surface area contributed by atoms with Gasteiger partial charge in [-0.25, -0.2) is 0 Å². The molecule has 0 rings (SSSR count). The van der Waals surface area contributed by atoms with Gasteiger partial charge in [-0.05, 0) is 26.8 Å². The molecule has 12 heavy (non-hydrogen) atoms. The summed E-state index contributed by atoms with van der Waals surface area (Å²) >= 11 is 0. The Kier molecular flexibility index (Phi) is 5.51. The van der Waals surface area contributed by atoms with E-state index in [2.05, 4.69) is 38.3 Å². The highest BCUT2D eigenvalue weighted by atomic mass is 15.0. The molecular weight excluding hydrogens is 148 g/mol. The van der Waals surface area contributed by atoms with Gasteiger partial charge in [0.2, 0.25) is 0 Å². The van der Waals surface area contributed by atoms with E-state index in [4.69, 9.17) is 0 Å². The maximum Gasteiger partial charge on any atom is 0.0151 e. The molecule has 0 saturated heterocycles. The quantitative estimate of drug-likeness (QED) is 0.595. The minimum absolute atomic E-state index is 0.269. The number of rotatable bonds is 6. The summed E-state index contributed by atoms with van der Waals surface area (Å²) in [4.78, 5) is 0. The van der Waals surface area contributed by atoms with Crippen LogP contribution in [0.4, 0.5) is 0 Å². The molecule has 0 aromatic heterocycles. The molecule has 0 aliphatic carbocycles. The average Bonchev–Trinajstić information content (AvgIpc) is 2.03. The zero-order valence-corrected chi connectivity index (χ0v) is 9.20. The van der Waals surface area contributed by atoms with Crippen LogP contribution in [0.5, 0.6) is 0 Å². The van der Waals surface area contributed by atoms with Crippen molar-refractivity contribution >= 4 is 0 Å². The van der Waals surface area contributed by atoms with Crippen LogP contribution in [0.1, 0.15) is 34.1 Å². The molecule has 2 nitrogen and oxygen atoms in total. The summed E-state index contributed by atoms with van der Waals surface area (Å²) in [6.07, 6.45) is 1.24. The van der Waals surface area contributed by atoms with Gasteiger partial charge >= 0.3 is 0 Å². The van der Waals surface area contributed by atoms with E-state index in [1.165, 1.54) is 6.42 Å². The lowest BCUT2D eigenvalue weighted by atomic mass is 9.87. The summed E-state index contributed by atoms with van der Waals surface area (Å²) in [6.45, 7) is 11.2. The van der Waals surface area contributed by atoms with Crippen LogP contribution in [0.2, 0.25) is 0 Å². The predicted molar refractivity (Wildman–Crippen MR) is 55.5 cm³/mol. The molecule has 0 aliphatic heterocycles. The highest BCUT2D eigenvalue weighted by molar-refractivity contribution is 4.82. The first-order chi connectivity index (χ1) is 5.54. The average molecular weight is 172 g/mol. The van der Waals surface area contributed by atoms with Crippen molar-refractivity contribution in [1.29, 1.82) is 0 Å². The molecule has 0 amide bonds. The van der Waals surface area contributed by atoms with Gasteiger partial charge in [0.05, 0.1) is 0 Å². The van der Waals surface area contributed by atoms with Gasteiger partial charge in [0.15, 0.2) is 0 Å². The fourth-order valence-electron chi connectivity index (χ4n) is 1.19. The molecule has 1 unspecified atom stereocenters. The Morgan fingerprint density at radius 1 is 1.25 bits per heavy atom. The van der Waals surface area contributed by atoms with Gasteiger partial charge in [0, 0.05) is 18.6 Å². The molecule has 0 spiro atoms. The van der Waals surface area contributed by atoms with Gasteiger partial charge in [-0.15, -0.1) is 0 Å². The van der Waals surface area contributed by atoms with Crippen molar-refractivity contribution in [2.45, 2.75) is 39.7 Å². The zero-order chi connectivity index (χ0) is 9.61. The number of hydrogen-bond acceptors (Lipinski definition) is 2. The second kappa shape index (κ2) is 5.55. The molecule has 2 N–H and O–H groups in total. The lowest BCUT2D eigenvalue weighted by Gasteiger charge is -2.32. The van der Waals surface area contributed by atoms with Crippen LogP contribution in [-0.4, -0.2) is 25.7 Å². The first-order valence-corrected chi connectivity index (χ1v) is 4.94. The van der Waals surface area contributed by atoms with E-state index < -0.39 is 0 Å². The Morgan fingerprint density at radius 3 is 2.25 bits per heavy atom. The molecule has 1 atom stereocenters. The van der Waals surface area contributed by atoms with Crippen molar-refractivity contribution in [1.82, 2.24) is 10.6 Å². The second-order valence-corrected chi connectivity index (χ2v) is 4.06. The van der Waals surface area contributed by atoms with Crippen molar-refractivity contribution in [3.8, 4) is 0 Å². The summed E-state index contributed by atoms with van der Waals surface area (Å²) in [5, 5.41) is 6.68. The smallest absolute Gasteiger partial charge is 0.0151 e. The van der Waals surface area contributed by atoms with Crippen molar-refractivity contribution in [2.24, 2.45) is 5.92 Å². The van der Waals surface area contributed by atoms with Crippen LogP contribution in [-0.2, 0) is 0 Å². The highest BCUT2D eigenvalue weighted by Gasteiger charge is 2.22. The van der Waals surface area contributed by atoms with E-state index in [1.807, 2.05) is 7.05 Å². The lowest BCUT2D eigenvalue weighted by Crippen LogP contribution is -2.47. The third-order valence-electron chi connectivity index (χ3n) is 2.80. The maximum absolute atomic E-state index is 3.55. The summed E-state index contributed by atoms with van der Waals surface area (Å²) in [6, 6.07) is 0. The monoisotopic (exact) mass is 172 g/mol. The summed E-state index contributed by atoms with van der Waals surface area (Å²) in [5.41, 5.74) is 0.269. The molecule has 0 aromatic rings. The second-order valence-electron chi connectivity index (χ2n) is 4.06. The summed E-state index contributed by atoms with van der Waals surface area (Å²) in [7, 11) is 1.98. The Balaban J connectivity index is 3.70. The summed E-state index contributed by atoms with van der Waals surface area (Å²) < 4.78 is 0. The molecule has 0 radical (unpaired) electrons. The minimum atomic E-state index is 0.269. The SMILES string of the molecule is CCC(C)C(C)(C)NCCNC. The fraction of sp³-hybridized carbons (Fsp3) is 1.00. The number of nitrogens with one attached hydrogen (secondary N) is 2. The van der Waals surface area contributed by atoms with Crippen LogP contribution < -0.4 is 10.6 Å². The Labute approximate surface area is 77.1 Å². The molecule has 0 aromatic carbocycles. The van der Waals surface area contributed by atoms with Gasteiger partial charge in [0.25, 0.3) is 0 Å². The van der Waals surface area contributed by atoms with Gasteiger partial charge in [-0.2, -0.15) is 0 Å². The number of likely N-dealkylation sites (N-methyl/N-ethyl adjacent to an activating group) is 1. The zero-order valence-electron chi connectivity index (χ0n) is 9.20. The van der Waals surface area contributed by atoms with E-state index in [0.717, 1.165) is 19.0 Å². The first-order valence-electron chi connectivity index (χ1n) is 4.94. The van der Waals surface area contributed by atoms with Crippen molar-refractivity contribution in [3.05, 3.63) is 0 Å². The predicted octanol–water partition coefficient (Wildman–Crippen LogP) is 1.62. The van der Waals surface area contributed by atoms with Crippen LogP contribution in [0.15, 0.2) is 0 Å². The van der Waals surface area contributed by atoms with Crippen LogP contribution in [0.25, 0.3) is 0 Å². The lowest BCUT2D eigenvalue weighted by molar-refractivity contribution is 0.265. The first kappa shape index (κ1) is 11.9. The Morgan fingerprint density at radius 2 is 1.83 bits per heavy atom. The summed E-state index contributed by atoms with van der Waals surface area (Å²) in [5.74, 6) is 0.731. The van der Waals surface area contributed by atoms with Gasteiger partial charge in [-0.1, -0.05) is 20.3 Å². The highest BCUT2D eigenvalue weighted by Crippen LogP contribution is 2.18. The molecule has 0 heterocycles. The topological polar surface area (TPSA) is 24.1 Å². The van der Waals surface area contributed by atoms with E-state index in [-0.39, 0.29) is 5.54 Å². The third kappa shape index (κ3) is 4.07. The molecule has 0 fully saturated rings. The van der Waals surface area contributed by atoms with Crippen LogP contribution in [0, 0.1) is 5.92 Å². The third-order valence-corrected chi connectivity index (χ3v) is 2.80. The van der Waals surface area contributed by atoms with E-state index in [1.54, 1.807) is 0 Å². The number of hydrogen-bond donors (Lipinski definition) is 2. The van der Waals surface area contributed by atoms with Crippen molar-refractivity contribution < 1.29 is 0 Å². The fourth-order valence-corrected chi connectivity index (χ4v) is 1.19. The van der Waals surface area contributed by atoms with Crippen molar-refractivity contribution in [2.75, 3.05) is 20.1 Å². The molecular formula is C10H24N2. The molecule has 74 valence electrons. The Hall–Kier alpha value is -0.0800. The normalized spacial score (nSPS) is 14.8. The molecule has 2 heteroatoms. The van der Waals surface area contributed by atoms with Crippen LogP contribution in [0.3, 0.4) is 0 Å². The van der Waals surface area contributed by atoms with Crippen LogP contribution >= 0.6 is 0 Å². The minimum Gasteiger partial charge on any atom is -0.318 e. The largest absolute Gasteiger partial charge is 0.318 e. The van der Waals surface area contributed by atoms with E-state index in [9.17, 15) is 0 Å². The molecule has 0 bridgehead atoms. The van der Waals surface area contributed by atoms with Crippen molar-refractivity contribution in [3.63, 3.8) is 0 Å². The van der Waals surface area contributed by atoms with Gasteiger partial charge in [0.1, 0.15) is 0 Å². The van der Waals surface area contributed by atoms with Gasteiger partial charge < -0.3 is 10.6 Å².